The Morgan fingerprint density at radius 3 is 2.71 bits per heavy atom. The fraction of sp³-hybridized carbons (Fsp3) is 0.158. The Morgan fingerprint density at radius 1 is 1.04 bits per heavy atom. The summed E-state index contributed by atoms with van der Waals surface area (Å²) in [4.78, 5) is 0. The van der Waals surface area contributed by atoms with Crippen molar-refractivity contribution < 1.29 is 9.15 Å². The smallest absolute Gasteiger partial charge is 0.247 e. The van der Waals surface area contributed by atoms with E-state index in [0.717, 1.165) is 21.3 Å². The minimum absolute atomic E-state index is 0.0393. The van der Waals surface area contributed by atoms with Gasteiger partial charge in [-0.05, 0) is 31.2 Å². The van der Waals surface area contributed by atoms with Crippen LogP contribution in [0.15, 0.2) is 63.4 Å². The quantitative estimate of drug-likeness (QED) is 0.416. The maximum atomic E-state index is 5.82. The van der Waals surface area contributed by atoms with E-state index < -0.39 is 0 Å². The van der Waals surface area contributed by atoms with Crippen molar-refractivity contribution in [2.45, 2.75) is 16.5 Å². The van der Waals surface area contributed by atoms with E-state index in [1.54, 1.807) is 7.11 Å². The molecule has 0 bridgehead atoms. The lowest BCUT2D eigenvalue weighted by Gasteiger charge is -2.04. The van der Waals surface area contributed by atoms with Gasteiger partial charge in [-0.3, -0.25) is 0 Å². The van der Waals surface area contributed by atoms with E-state index in [-0.39, 0.29) is 5.25 Å². The Labute approximate surface area is 170 Å². The summed E-state index contributed by atoms with van der Waals surface area (Å²) in [5.41, 5.74) is 1.80. The lowest BCUT2D eigenvalue weighted by atomic mass is 10.2. The predicted molar refractivity (Wildman–Crippen MR) is 110 cm³/mol. The number of nitrogens with one attached hydrogen (secondary N) is 1. The fourth-order valence-corrected chi connectivity index (χ4v) is 4.38. The van der Waals surface area contributed by atoms with Gasteiger partial charge >= 0.3 is 0 Å². The average molecular weight is 412 g/mol. The van der Waals surface area contributed by atoms with E-state index in [4.69, 9.17) is 9.15 Å². The van der Waals surface area contributed by atoms with Crippen LogP contribution in [0, 0.1) is 0 Å². The number of ether oxygens (including phenoxy) is 1. The molecule has 142 valence electrons. The molecule has 0 unspecified atom stereocenters. The van der Waals surface area contributed by atoms with Crippen molar-refractivity contribution in [2.24, 2.45) is 0 Å². The molecule has 0 saturated heterocycles. The summed E-state index contributed by atoms with van der Waals surface area (Å²) in [7, 11) is 1.64. The minimum atomic E-state index is -0.0393. The van der Waals surface area contributed by atoms with E-state index >= 15 is 0 Å². The number of methoxy groups -OCH3 is 1. The molecule has 2 aromatic heterocycles. The standard InChI is InChI=1S/C19H17N5O2S2/c1-12(16-21-22-17(26-16)13-7-4-3-5-8-13)27-19-24-23-18(28-19)20-14-9-6-10-15(11-14)25-2/h3-12H,1-2H3,(H,20,23)/t12-/m0/s1. The molecule has 0 fully saturated rings. The SMILES string of the molecule is COc1cccc(Nc2nnc(S[C@@H](C)c3nnc(-c4ccccc4)o3)s2)c1. The van der Waals surface area contributed by atoms with Crippen molar-refractivity contribution in [1.82, 2.24) is 20.4 Å². The summed E-state index contributed by atoms with van der Waals surface area (Å²) in [5.74, 6) is 1.85. The van der Waals surface area contributed by atoms with E-state index in [1.165, 1.54) is 23.1 Å². The van der Waals surface area contributed by atoms with Crippen LogP contribution >= 0.6 is 23.1 Å². The third-order valence-electron chi connectivity index (χ3n) is 3.81. The molecule has 2 heterocycles. The summed E-state index contributed by atoms with van der Waals surface area (Å²) in [6.45, 7) is 2.00. The summed E-state index contributed by atoms with van der Waals surface area (Å²) in [6.07, 6.45) is 0. The van der Waals surface area contributed by atoms with E-state index in [0.29, 0.717) is 16.9 Å². The molecule has 0 aliphatic heterocycles. The van der Waals surface area contributed by atoms with Gasteiger partial charge in [-0.15, -0.1) is 20.4 Å². The van der Waals surface area contributed by atoms with Crippen LogP contribution in [0.25, 0.3) is 11.5 Å². The first-order valence-corrected chi connectivity index (χ1v) is 10.2. The highest BCUT2D eigenvalue weighted by molar-refractivity contribution is 8.01. The number of hydrogen-bond donors (Lipinski definition) is 1. The average Bonchev–Trinajstić information content (AvgIpc) is 3.39. The predicted octanol–water partition coefficient (Wildman–Crippen LogP) is 5.19. The van der Waals surface area contributed by atoms with Gasteiger partial charge in [-0.1, -0.05) is 47.4 Å². The van der Waals surface area contributed by atoms with Gasteiger partial charge in [0.2, 0.25) is 16.9 Å². The van der Waals surface area contributed by atoms with Crippen LogP contribution in [0.3, 0.4) is 0 Å². The molecule has 4 rings (SSSR count). The summed E-state index contributed by atoms with van der Waals surface area (Å²) in [5, 5.41) is 20.6. The zero-order valence-electron chi connectivity index (χ0n) is 15.2. The molecule has 0 spiro atoms. The topological polar surface area (TPSA) is 86.0 Å². The Balaban J connectivity index is 1.41. The van der Waals surface area contributed by atoms with Crippen LogP contribution in [0.1, 0.15) is 18.1 Å². The zero-order valence-corrected chi connectivity index (χ0v) is 16.8. The Morgan fingerprint density at radius 2 is 1.89 bits per heavy atom. The van der Waals surface area contributed by atoms with Crippen LogP contribution in [0.4, 0.5) is 10.8 Å². The summed E-state index contributed by atoms with van der Waals surface area (Å²) in [6, 6.07) is 17.4. The molecule has 0 radical (unpaired) electrons. The molecule has 4 aromatic rings. The molecule has 28 heavy (non-hydrogen) atoms. The van der Waals surface area contributed by atoms with Crippen molar-refractivity contribution in [3.63, 3.8) is 0 Å². The Hall–Kier alpha value is -2.91. The van der Waals surface area contributed by atoms with Crippen LogP contribution in [-0.2, 0) is 0 Å². The number of aromatic nitrogens is 4. The molecule has 2 aromatic carbocycles. The fourth-order valence-electron chi connectivity index (χ4n) is 2.43. The van der Waals surface area contributed by atoms with Crippen molar-refractivity contribution in [3.8, 4) is 17.2 Å². The van der Waals surface area contributed by atoms with Gasteiger partial charge in [-0.25, -0.2) is 0 Å². The van der Waals surface area contributed by atoms with Gasteiger partial charge in [0.25, 0.3) is 0 Å². The number of thioether (sulfide) groups is 1. The molecule has 7 nitrogen and oxygen atoms in total. The Bertz CT molecular complexity index is 1050. The summed E-state index contributed by atoms with van der Waals surface area (Å²) >= 11 is 2.99. The molecule has 1 atom stereocenters. The normalized spacial score (nSPS) is 11.9. The van der Waals surface area contributed by atoms with Gasteiger partial charge in [0.05, 0.1) is 12.4 Å². The van der Waals surface area contributed by atoms with E-state index in [1.807, 2.05) is 61.5 Å². The maximum absolute atomic E-state index is 5.82. The maximum Gasteiger partial charge on any atom is 0.247 e. The van der Waals surface area contributed by atoms with Crippen LogP contribution in [0.2, 0.25) is 0 Å². The lowest BCUT2D eigenvalue weighted by molar-refractivity contribution is 0.415. The molecule has 0 amide bonds. The van der Waals surface area contributed by atoms with Gasteiger partial charge < -0.3 is 14.5 Å². The number of nitrogens with zero attached hydrogens (tertiary/aromatic N) is 4. The largest absolute Gasteiger partial charge is 0.497 e. The summed E-state index contributed by atoms with van der Waals surface area (Å²) < 4.78 is 11.9. The molecule has 9 heteroatoms. The van der Waals surface area contributed by atoms with Crippen LogP contribution < -0.4 is 10.1 Å². The van der Waals surface area contributed by atoms with Crippen molar-refractivity contribution in [1.29, 1.82) is 0 Å². The molecule has 0 aliphatic carbocycles. The highest BCUT2D eigenvalue weighted by Crippen LogP contribution is 2.38. The highest BCUT2D eigenvalue weighted by Gasteiger charge is 2.18. The lowest BCUT2D eigenvalue weighted by Crippen LogP contribution is -1.90. The van der Waals surface area contributed by atoms with Crippen molar-refractivity contribution in [2.75, 3.05) is 12.4 Å². The van der Waals surface area contributed by atoms with E-state index in [2.05, 4.69) is 25.7 Å². The Kier molecular flexibility index (Phi) is 5.54. The number of hydrogen-bond acceptors (Lipinski definition) is 9. The highest BCUT2D eigenvalue weighted by atomic mass is 32.2. The molecular weight excluding hydrogens is 394 g/mol. The van der Waals surface area contributed by atoms with Gasteiger partial charge in [0.1, 0.15) is 5.75 Å². The second-order valence-electron chi connectivity index (χ2n) is 5.80. The van der Waals surface area contributed by atoms with Crippen molar-refractivity contribution >= 4 is 33.9 Å². The molecule has 0 aliphatic rings. The molecule has 1 N–H and O–H groups in total. The van der Waals surface area contributed by atoms with E-state index in [9.17, 15) is 0 Å². The van der Waals surface area contributed by atoms with Crippen LogP contribution in [0.5, 0.6) is 5.75 Å². The first-order valence-electron chi connectivity index (χ1n) is 8.51. The minimum Gasteiger partial charge on any atom is -0.497 e. The van der Waals surface area contributed by atoms with Crippen LogP contribution in [-0.4, -0.2) is 27.5 Å². The third kappa shape index (κ3) is 4.32. The second-order valence-corrected chi connectivity index (χ2v) is 8.37. The number of benzene rings is 2. The van der Waals surface area contributed by atoms with Gasteiger partial charge in [0, 0.05) is 17.3 Å². The first-order chi connectivity index (χ1) is 13.7. The molecule has 0 saturated carbocycles. The zero-order chi connectivity index (χ0) is 19.3. The number of rotatable bonds is 7. The van der Waals surface area contributed by atoms with Gasteiger partial charge in [-0.2, -0.15) is 0 Å². The van der Waals surface area contributed by atoms with Gasteiger partial charge in [0.15, 0.2) is 4.34 Å². The number of anilines is 2. The second kappa shape index (κ2) is 8.41. The molecular formula is C19H17N5O2S2. The first kappa shape index (κ1) is 18.5. The monoisotopic (exact) mass is 411 g/mol. The third-order valence-corrected chi connectivity index (χ3v) is 5.82. The van der Waals surface area contributed by atoms with Crippen molar-refractivity contribution in [3.05, 3.63) is 60.5 Å².